The Balaban J connectivity index is 1.76. The van der Waals surface area contributed by atoms with Crippen LogP contribution in [0.4, 0.5) is 0 Å². The number of benzene rings is 2. The maximum atomic E-state index is 6.11. The SMILES string of the molecule is Cc1cc(C2CC(CN)CN2C)cc(C)c1OCc1ccccc1. The van der Waals surface area contributed by atoms with Gasteiger partial charge < -0.3 is 10.5 Å². The third-order valence-corrected chi connectivity index (χ3v) is 5.06. The van der Waals surface area contributed by atoms with Crippen molar-refractivity contribution in [2.75, 3.05) is 20.1 Å². The minimum Gasteiger partial charge on any atom is -0.488 e. The molecule has 3 heteroatoms. The minimum absolute atomic E-state index is 0.471. The lowest BCUT2D eigenvalue weighted by Gasteiger charge is -2.22. The van der Waals surface area contributed by atoms with Crippen molar-refractivity contribution in [2.45, 2.75) is 32.9 Å². The molecule has 0 saturated carbocycles. The van der Waals surface area contributed by atoms with Crippen LogP contribution in [0.5, 0.6) is 5.75 Å². The molecule has 0 radical (unpaired) electrons. The summed E-state index contributed by atoms with van der Waals surface area (Å²) in [5.41, 5.74) is 10.9. The first-order valence-electron chi connectivity index (χ1n) is 8.76. The Morgan fingerprint density at radius 3 is 2.38 bits per heavy atom. The van der Waals surface area contributed by atoms with E-state index in [4.69, 9.17) is 10.5 Å². The number of aryl methyl sites for hydroxylation is 2. The first-order valence-corrected chi connectivity index (χ1v) is 8.76. The molecule has 0 spiro atoms. The number of nitrogens with two attached hydrogens (primary N) is 1. The highest BCUT2D eigenvalue weighted by Crippen LogP contribution is 2.37. The van der Waals surface area contributed by atoms with E-state index in [1.54, 1.807) is 0 Å². The van der Waals surface area contributed by atoms with Crippen molar-refractivity contribution in [1.29, 1.82) is 0 Å². The molecule has 24 heavy (non-hydrogen) atoms. The van der Waals surface area contributed by atoms with E-state index < -0.39 is 0 Å². The molecule has 1 aliphatic heterocycles. The van der Waals surface area contributed by atoms with E-state index >= 15 is 0 Å². The Morgan fingerprint density at radius 1 is 1.12 bits per heavy atom. The van der Waals surface area contributed by atoms with Gasteiger partial charge in [-0.05, 0) is 62.0 Å². The molecule has 1 saturated heterocycles. The van der Waals surface area contributed by atoms with Crippen LogP contribution in [0.2, 0.25) is 0 Å². The van der Waals surface area contributed by atoms with Gasteiger partial charge in [-0.25, -0.2) is 0 Å². The summed E-state index contributed by atoms with van der Waals surface area (Å²) in [5, 5.41) is 0. The normalized spacial score (nSPS) is 21.2. The van der Waals surface area contributed by atoms with Crippen molar-refractivity contribution < 1.29 is 4.74 Å². The lowest BCUT2D eigenvalue weighted by Crippen LogP contribution is -2.20. The molecule has 0 aliphatic carbocycles. The highest BCUT2D eigenvalue weighted by atomic mass is 16.5. The monoisotopic (exact) mass is 324 g/mol. The Bertz CT molecular complexity index is 660. The molecule has 0 amide bonds. The fourth-order valence-electron chi connectivity index (χ4n) is 3.80. The van der Waals surface area contributed by atoms with Crippen LogP contribution in [0.3, 0.4) is 0 Å². The number of nitrogens with zero attached hydrogens (tertiary/aromatic N) is 1. The first kappa shape index (κ1) is 17.0. The van der Waals surface area contributed by atoms with Crippen LogP contribution < -0.4 is 10.5 Å². The maximum Gasteiger partial charge on any atom is 0.125 e. The van der Waals surface area contributed by atoms with Crippen molar-refractivity contribution in [3.8, 4) is 5.75 Å². The Morgan fingerprint density at radius 2 is 1.79 bits per heavy atom. The molecule has 1 heterocycles. The van der Waals surface area contributed by atoms with Crippen LogP contribution in [-0.4, -0.2) is 25.0 Å². The number of rotatable bonds is 5. The fraction of sp³-hybridized carbons (Fsp3) is 0.429. The quantitative estimate of drug-likeness (QED) is 0.908. The van der Waals surface area contributed by atoms with Gasteiger partial charge in [0.2, 0.25) is 0 Å². The molecule has 2 atom stereocenters. The van der Waals surface area contributed by atoms with Crippen LogP contribution in [0.25, 0.3) is 0 Å². The second-order valence-corrected chi connectivity index (χ2v) is 7.05. The van der Waals surface area contributed by atoms with Gasteiger partial charge in [0.25, 0.3) is 0 Å². The van der Waals surface area contributed by atoms with E-state index in [9.17, 15) is 0 Å². The summed E-state index contributed by atoms with van der Waals surface area (Å²) in [6.07, 6.45) is 1.15. The lowest BCUT2D eigenvalue weighted by atomic mass is 9.96. The van der Waals surface area contributed by atoms with Crippen LogP contribution >= 0.6 is 0 Å². The van der Waals surface area contributed by atoms with Gasteiger partial charge in [-0.3, -0.25) is 4.90 Å². The molecular formula is C21H28N2O. The molecule has 2 aromatic rings. The highest BCUT2D eigenvalue weighted by Gasteiger charge is 2.30. The standard InChI is InChI=1S/C21H28N2O/c1-15-9-19(20-11-18(12-22)13-23(20)3)10-16(2)21(15)24-14-17-7-5-4-6-8-17/h4-10,18,20H,11-14,22H2,1-3H3. The zero-order valence-electron chi connectivity index (χ0n) is 15.0. The Hall–Kier alpha value is -1.84. The van der Waals surface area contributed by atoms with Gasteiger partial charge in [-0.15, -0.1) is 0 Å². The molecule has 2 N–H and O–H groups in total. The van der Waals surface area contributed by atoms with Crippen molar-refractivity contribution in [1.82, 2.24) is 4.90 Å². The van der Waals surface area contributed by atoms with E-state index in [0.717, 1.165) is 25.3 Å². The van der Waals surface area contributed by atoms with Crippen LogP contribution in [0, 0.1) is 19.8 Å². The topological polar surface area (TPSA) is 38.5 Å². The van der Waals surface area contributed by atoms with Crippen molar-refractivity contribution >= 4 is 0 Å². The zero-order valence-corrected chi connectivity index (χ0v) is 15.0. The van der Waals surface area contributed by atoms with Crippen molar-refractivity contribution in [3.63, 3.8) is 0 Å². The van der Waals surface area contributed by atoms with E-state index in [1.807, 2.05) is 18.2 Å². The molecule has 128 valence electrons. The summed E-state index contributed by atoms with van der Waals surface area (Å²) in [5.74, 6) is 1.62. The van der Waals surface area contributed by atoms with E-state index in [0.29, 0.717) is 18.6 Å². The Kier molecular flexibility index (Phi) is 5.22. The number of likely N-dealkylation sites (tertiary alicyclic amines) is 1. The van der Waals surface area contributed by atoms with E-state index in [2.05, 4.69) is 50.1 Å². The number of ether oxygens (including phenoxy) is 1. The van der Waals surface area contributed by atoms with Crippen molar-refractivity contribution in [3.05, 3.63) is 64.7 Å². The maximum absolute atomic E-state index is 6.11. The lowest BCUT2D eigenvalue weighted by molar-refractivity contribution is 0.299. The summed E-state index contributed by atoms with van der Waals surface area (Å²) < 4.78 is 6.11. The molecule has 1 fully saturated rings. The van der Waals surface area contributed by atoms with E-state index in [1.165, 1.54) is 22.3 Å². The number of hydrogen-bond acceptors (Lipinski definition) is 3. The molecule has 1 aliphatic rings. The molecule has 3 nitrogen and oxygen atoms in total. The molecular weight excluding hydrogens is 296 g/mol. The summed E-state index contributed by atoms with van der Waals surface area (Å²) in [6, 6.07) is 15.4. The van der Waals surface area contributed by atoms with Crippen molar-refractivity contribution in [2.24, 2.45) is 11.7 Å². The molecule has 3 rings (SSSR count). The highest BCUT2D eigenvalue weighted by molar-refractivity contribution is 5.44. The van der Waals surface area contributed by atoms with Gasteiger partial charge in [0.15, 0.2) is 0 Å². The van der Waals surface area contributed by atoms with Crippen LogP contribution in [0.1, 0.15) is 34.7 Å². The third-order valence-electron chi connectivity index (χ3n) is 5.06. The second-order valence-electron chi connectivity index (χ2n) is 7.05. The van der Waals surface area contributed by atoms with Crippen LogP contribution in [0.15, 0.2) is 42.5 Å². The molecule has 0 aromatic heterocycles. The van der Waals surface area contributed by atoms with Crippen LogP contribution in [-0.2, 0) is 6.61 Å². The first-order chi connectivity index (χ1) is 11.6. The molecule has 2 unspecified atom stereocenters. The zero-order chi connectivity index (χ0) is 17.1. The van der Waals surface area contributed by atoms with Gasteiger partial charge in [0, 0.05) is 12.6 Å². The third kappa shape index (κ3) is 3.63. The van der Waals surface area contributed by atoms with Gasteiger partial charge in [-0.1, -0.05) is 42.5 Å². The van der Waals surface area contributed by atoms with Gasteiger partial charge in [0.05, 0.1) is 0 Å². The summed E-state index contributed by atoms with van der Waals surface area (Å²) in [7, 11) is 2.20. The summed E-state index contributed by atoms with van der Waals surface area (Å²) in [4.78, 5) is 2.43. The smallest absolute Gasteiger partial charge is 0.125 e. The average Bonchev–Trinajstić information content (AvgIpc) is 2.96. The molecule has 2 aromatic carbocycles. The van der Waals surface area contributed by atoms with E-state index in [-0.39, 0.29) is 0 Å². The minimum atomic E-state index is 0.471. The second kappa shape index (κ2) is 7.37. The summed E-state index contributed by atoms with van der Waals surface area (Å²) in [6.45, 7) is 6.77. The summed E-state index contributed by atoms with van der Waals surface area (Å²) >= 11 is 0. The predicted molar refractivity (Wildman–Crippen MR) is 99.2 cm³/mol. The fourth-order valence-corrected chi connectivity index (χ4v) is 3.80. The predicted octanol–water partition coefficient (Wildman–Crippen LogP) is 3.83. The Labute approximate surface area is 145 Å². The molecule has 0 bridgehead atoms. The van der Waals surface area contributed by atoms with Gasteiger partial charge in [-0.2, -0.15) is 0 Å². The average molecular weight is 324 g/mol. The largest absolute Gasteiger partial charge is 0.488 e. The van der Waals surface area contributed by atoms with Gasteiger partial charge >= 0.3 is 0 Å². The number of hydrogen-bond donors (Lipinski definition) is 1. The van der Waals surface area contributed by atoms with Gasteiger partial charge in [0.1, 0.15) is 12.4 Å².